The highest BCUT2D eigenvalue weighted by molar-refractivity contribution is 6.24. The molecule has 0 bridgehead atoms. The largest absolute Gasteiger partial charge is 0.455 e. The molecule has 0 radical (unpaired) electrons. The van der Waals surface area contributed by atoms with Crippen LogP contribution in [-0.4, -0.2) is 19.5 Å². The molecule has 214 valence electrons. The van der Waals surface area contributed by atoms with Crippen LogP contribution in [0, 0.1) is 0 Å². The van der Waals surface area contributed by atoms with E-state index in [4.69, 9.17) is 9.40 Å². The summed E-state index contributed by atoms with van der Waals surface area (Å²) in [6.07, 6.45) is 5.61. The van der Waals surface area contributed by atoms with Gasteiger partial charge in [-0.05, 0) is 59.7 Å². The molecule has 0 saturated carbocycles. The van der Waals surface area contributed by atoms with E-state index in [9.17, 15) is 0 Å². The second-order valence-electron chi connectivity index (χ2n) is 11.7. The van der Waals surface area contributed by atoms with E-state index >= 15 is 0 Å². The van der Waals surface area contributed by atoms with Crippen molar-refractivity contribution in [1.29, 1.82) is 0 Å². The minimum atomic E-state index is 0.707. The van der Waals surface area contributed by atoms with Crippen molar-refractivity contribution in [3.05, 3.63) is 146 Å². The summed E-state index contributed by atoms with van der Waals surface area (Å²) < 4.78 is 8.77. The molecule has 0 saturated heterocycles. The van der Waals surface area contributed by atoms with Gasteiger partial charge in [0.2, 0.25) is 0 Å². The molecule has 5 aromatic heterocycles. The Morgan fingerprint density at radius 3 is 2.07 bits per heavy atom. The number of nitrogens with zero attached hydrogens (tertiary/aromatic N) is 4. The van der Waals surface area contributed by atoms with Gasteiger partial charge in [-0.15, -0.1) is 0 Å². The van der Waals surface area contributed by atoms with Crippen LogP contribution in [0.3, 0.4) is 0 Å². The first kappa shape index (κ1) is 25.0. The highest BCUT2D eigenvalue weighted by Crippen LogP contribution is 2.40. The molecule has 0 atom stereocenters. The van der Waals surface area contributed by atoms with Crippen molar-refractivity contribution >= 4 is 65.6 Å². The van der Waals surface area contributed by atoms with E-state index in [1.807, 2.05) is 30.6 Å². The van der Waals surface area contributed by atoms with Gasteiger partial charge in [0.15, 0.2) is 5.65 Å². The molecule has 10 rings (SSSR count). The first-order valence-corrected chi connectivity index (χ1v) is 15.3. The molecule has 5 nitrogen and oxygen atoms in total. The zero-order valence-corrected chi connectivity index (χ0v) is 24.6. The second kappa shape index (κ2) is 9.58. The third-order valence-corrected chi connectivity index (χ3v) is 9.17. The lowest BCUT2D eigenvalue weighted by atomic mass is 9.97. The number of hydrogen-bond donors (Lipinski definition) is 0. The predicted molar refractivity (Wildman–Crippen MR) is 187 cm³/mol. The van der Waals surface area contributed by atoms with Crippen molar-refractivity contribution in [2.75, 3.05) is 0 Å². The summed E-state index contributed by atoms with van der Waals surface area (Å²) >= 11 is 0. The average molecular weight is 589 g/mol. The Labute approximate surface area is 263 Å². The van der Waals surface area contributed by atoms with Crippen molar-refractivity contribution in [3.63, 3.8) is 0 Å². The molecule has 0 fully saturated rings. The fraction of sp³-hybridized carbons (Fsp3) is 0. The molecule has 0 N–H and O–H groups in total. The monoisotopic (exact) mass is 588 g/mol. The maximum absolute atomic E-state index is 6.46. The fourth-order valence-corrected chi connectivity index (χ4v) is 7.04. The molecular formula is C41H24N4O. The maximum atomic E-state index is 6.46. The maximum Gasteiger partial charge on any atom is 0.160 e. The Hall–Kier alpha value is -6.33. The molecule has 5 heteroatoms. The van der Waals surface area contributed by atoms with E-state index in [1.54, 1.807) is 6.20 Å². The first-order valence-electron chi connectivity index (χ1n) is 15.3. The van der Waals surface area contributed by atoms with Gasteiger partial charge in [0, 0.05) is 67.5 Å². The predicted octanol–water partition coefficient (Wildman–Crippen LogP) is 10.5. The van der Waals surface area contributed by atoms with E-state index in [1.165, 1.54) is 10.9 Å². The Morgan fingerprint density at radius 1 is 0.500 bits per heavy atom. The van der Waals surface area contributed by atoms with Gasteiger partial charge in [-0.1, -0.05) is 78.9 Å². The summed E-state index contributed by atoms with van der Waals surface area (Å²) in [4.78, 5) is 14.1. The van der Waals surface area contributed by atoms with Crippen LogP contribution in [0.5, 0.6) is 0 Å². The van der Waals surface area contributed by atoms with Gasteiger partial charge in [-0.25, -0.2) is 9.97 Å². The average Bonchev–Trinajstić information content (AvgIpc) is 3.67. The summed E-state index contributed by atoms with van der Waals surface area (Å²) in [6, 6.07) is 44.6. The van der Waals surface area contributed by atoms with Crippen molar-refractivity contribution in [2.45, 2.75) is 0 Å². The lowest BCUT2D eigenvalue weighted by molar-refractivity contribution is 0.673. The molecule has 46 heavy (non-hydrogen) atoms. The molecule has 0 unspecified atom stereocenters. The zero-order chi connectivity index (χ0) is 30.2. The first-order chi connectivity index (χ1) is 22.8. The van der Waals surface area contributed by atoms with Gasteiger partial charge >= 0.3 is 0 Å². The van der Waals surface area contributed by atoms with E-state index in [0.717, 1.165) is 77.1 Å². The number of pyridine rings is 3. The van der Waals surface area contributed by atoms with Gasteiger partial charge in [0.1, 0.15) is 11.2 Å². The molecule has 0 spiro atoms. The van der Waals surface area contributed by atoms with Crippen LogP contribution in [0.15, 0.2) is 150 Å². The number of benzene rings is 5. The van der Waals surface area contributed by atoms with Gasteiger partial charge in [0.05, 0.1) is 16.7 Å². The Bertz CT molecular complexity index is 2740. The van der Waals surface area contributed by atoms with Crippen LogP contribution in [-0.2, 0) is 0 Å². The zero-order valence-electron chi connectivity index (χ0n) is 24.6. The number of furan rings is 1. The van der Waals surface area contributed by atoms with Gasteiger partial charge in [0.25, 0.3) is 0 Å². The molecule has 0 aliphatic carbocycles. The third-order valence-electron chi connectivity index (χ3n) is 9.17. The fourth-order valence-electron chi connectivity index (χ4n) is 7.04. The molecule has 5 heterocycles. The molecular weight excluding hydrogens is 564 g/mol. The van der Waals surface area contributed by atoms with E-state index in [0.29, 0.717) is 5.65 Å². The van der Waals surface area contributed by atoms with Crippen molar-refractivity contribution in [2.24, 2.45) is 0 Å². The summed E-state index contributed by atoms with van der Waals surface area (Å²) in [5.41, 5.74) is 10.1. The summed E-state index contributed by atoms with van der Waals surface area (Å²) in [5.74, 6) is 0. The van der Waals surface area contributed by atoms with E-state index < -0.39 is 0 Å². The smallest absolute Gasteiger partial charge is 0.160 e. The lowest BCUT2D eigenvalue weighted by Gasteiger charge is -2.11. The minimum absolute atomic E-state index is 0.707. The number of hydrogen-bond acceptors (Lipinski definition) is 4. The Morgan fingerprint density at radius 2 is 1.20 bits per heavy atom. The highest BCUT2D eigenvalue weighted by atomic mass is 16.3. The minimum Gasteiger partial charge on any atom is -0.455 e. The second-order valence-corrected chi connectivity index (χ2v) is 11.7. The van der Waals surface area contributed by atoms with Crippen LogP contribution < -0.4 is 0 Å². The lowest BCUT2D eigenvalue weighted by Crippen LogP contribution is -1.94. The summed E-state index contributed by atoms with van der Waals surface area (Å²) in [7, 11) is 0. The number of rotatable bonds is 3. The summed E-state index contributed by atoms with van der Waals surface area (Å²) in [6.45, 7) is 0. The van der Waals surface area contributed by atoms with E-state index in [-0.39, 0.29) is 0 Å². The molecule has 10 aromatic rings. The van der Waals surface area contributed by atoms with Crippen molar-refractivity contribution < 1.29 is 4.42 Å². The SMILES string of the molecule is c1ccc2c(c1)oc1c2ccc2c(-c3ccc(-c4ccc(-n5c6ccccc6c6cnccc65)cc4)cc3)nc3ncccc3c21. The number of para-hydroxylation sites is 2. The molecule has 0 aliphatic heterocycles. The normalized spacial score (nSPS) is 11.9. The standard InChI is InChI=1S/C41H24N4O/c1-3-9-35-29(6-1)34-24-42-23-21-36(34)45(35)28-17-15-26(16-18-28)25-11-13-27(14-12-25)39-32-20-19-31-30-7-2-4-10-37(30)46-40(31)38(32)33-8-5-22-43-41(33)44-39/h1-24H. The Kier molecular flexibility index (Phi) is 5.22. The van der Waals surface area contributed by atoms with Gasteiger partial charge in [-0.3, -0.25) is 4.98 Å². The topological polar surface area (TPSA) is 56.7 Å². The number of fused-ring (bicyclic) bond motifs is 10. The van der Waals surface area contributed by atoms with Gasteiger partial charge in [-0.2, -0.15) is 0 Å². The van der Waals surface area contributed by atoms with E-state index in [2.05, 4.69) is 124 Å². The molecule has 0 amide bonds. The summed E-state index contributed by atoms with van der Waals surface area (Å²) in [5, 5.41) is 7.65. The highest BCUT2D eigenvalue weighted by Gasteiger charge is 2.18. The Balaban J connectivity index is 1.08. The van der Waals surface area contributed by atoms with Crippen LogP contribution in [0.2, 0.25) is 0 Å². The third kappa shape index (κ3) is 3.60. The van der Waals surface area contributed by atoms with Crippen LogP contribution >= 0.6 is 0 Å². The van der Waals surface area contributed by atoms with Crippen LogP contribution in [0.25, 0.3) is 93.6 Å². The van der Waals surface area contributed by atoms with Crippen molar-refractivity contribution in [3.8, 4) is 28.1 Å². The molecule has 5 aromatic carbocycles. The van der Waals surface area contributed by atoms with Crippen molar-refractivity contribution in [1.82, 2.24) is 19.5 Å². The molecule has 0 aliphatic rings. The van der Waals surface area contributed by atoms with Gasteiger partial charge < -0.3 is 8.98 Å². The van der Waals surface area contributed by atoms with Crippen LogP contribution in [0.1, 0.15) is 0 Å². The quantitative estimate of drug-likeness (QED) is 0.193. The number of aromatic nitrogens is 4. The van der Waals surface area contributed by atoms with Crippen LogP contribution in [0.4, 0.5) is 0 Å².